The summed E-state index contributed by atoms with van der Waals surface area (Å²) in [5, 5.41) is 13.9. The molecule has 0 aliphatic carbocycles. The highest BCUT2D eigenvalue weighted by atomic mass is 19.1. The number of carboxylic acid groups (broad SMARTS) is 1. The number of Topliss-reactive ketones (excluding diaryl/α,β-unsaturated/α-hetero) is 1. The molecule has 0 saturated carbocycles. The van der Waals surface area contributed by atoms with Crippen LogP contribution in [-0.4, -0.2) is 56.2 Å². The Morgan fingerprint density at radius 3 is 2.71 bits per heavy atom. The number of hydrogen-bond acceptors (Lipinski definition) is 4. The van der Waals surface area contributed by atoms with Crippen LogP contribution in [0, 0.1) is 0 Å². The third-order valence-corrected chi connectivity index (χ3v) is 4.13. The van der Waals surface area contributed by atoms with Crippen LogP contribution in [0.15, 0.2) is 24.3 Å². The molecule has 126 valence electrons. The molecule has 1 N–H and O–H groups in total. The lowest BCUT2D eigenvalue weighted by Gasteiger charge is -2.21. The molecule has 1 amide bonds. The van der Waals surface area contributed by atoms with E-state index < -0.39 is 24.1 Å². The summed E-state index contributed by atoms with van der Waals surface area (Å²) >= 11 is 0. The van der Waals surface area contributed by atoms with E-state index in [2.05, 4.69) is 5.10 Å². The Balaban J connectivity index is 1.91. The van der Waals surface area contributed by atoms with Crippen molar-refractivity contribution in [3.8, 4) is 0 Å². The van der Waals surface area contributed by atoms with Crippen LogP contribution in [-0.2, 0) is 16.1 Å². The first-order valence-electron chi connectivity index (χ1n) is 7.51. The number of benzene rings is 1. The first kappa shape index (κ1) is 16.1. The zero-order chi connectivity index (χ0) is 17.4. The van der Waals surface area contributed by atoms with Gasteiger partial charge in [-0.1, -0.05) is 18.2 Å². The Labute approximate surface area is 136 Å². The van der Waals surface area contributed by atoms with E-state index in [9.17, 15) is 18.8 Å². The number of carbonyl (C=O) groups excluding carboxylic acids is 2. The highest BCUT2D eigenvalue weighted by Crippen LogP contribution is 2.23. The maximum Gasteiger partial charge on any atom is 0.326 e. The quantitative estimate of drug-likeness (QED) is 0.851. The maximum absolute atomic E-state index is 13.5. The first-order valence-corrected chi connectivity index (χ1v) is 7.51. The predicted octanol–water partition coefficient (Wildman–Crippen LogP) is 1.26. The molecular weight excluding hydrogens is 317 g/mol. The van der Waals surface area contributed by atoms with Gasteiger partial charge in [-0.15, -0.1) is 0 Å². The predicted molar refractivity (Wildman–Crippen MR) is 82.4 cm³/mol. The van der Waals surface area contributed by atoms with Crippen molar-refractivity contribution in [2.45, 2.75) is 32.1 Å². The van der Waals surface area contributed by atoms with Crippen molar-refractivity contribution in [2.75, 3.05) is 6.54 Å². The van der Waals surface area contributed by atoms with E-state index in [-0.39, 0.29) is 31.0 Å². The summed E-state index contributed by atoms with van der Waals surface area (Å²) in [6.07, 6.45) is -1.56. The van der Waals surface area contributed by atoms with E-state index in [0.717, 1.165) is 4.90 Å². The Morgan fingerprint density at radius 2 is 2.04 bits per heavy atom. The van der Waals surface area contributed by atoms with E-state index in [4.69, 9.17) is 5.11 Å². The summed E-state index contributed by atoms with van der Waals surface area (Å²) in [7, 11) is 0. The number of carbonyl (C=O) groups is 3. The molecule has 1 aromatic carbocycles. The van der Waals surface area contributed by atoms with Crippen molar-refractivity contribution in [1.82, 2.24) is 14.7 Å². The molecule has 0 radical (unpaired) electrons. The summed E-state index contributed by atoms with van der Waals surface area (Å²) in [5.41, 5.74) is 0.844. The average molecular weight is 333 g/mol. The molecule has 8 heteroatoms. The van der Waals surface area contributed by atoms with Crippen molar-refractivity contribution >= 4 is 28.6 Å². The van der Waals surface area contributed by atoms with Crippen LogP contribution >= 0.6 is 0 Å². The molecule has 1 aliphatic rings. The molecule has 3 rings (SSSR count). The zero-order valence-electron chi connectivity index (χ0n) is 13.0. The van der Waals surface area contributed by atoms with Gasteiger partial charge in [0.05, 0.1) is 12.1 Å². The van der Waals surface area contributed by atoms with Gasteiger partial charge in [-0.3, -0.25) is 14.3 Å². The van der Waals surface area contributed by atoms with Crippen molar-refractivity contribution < 1.29 is 23.9 Å². The van der Waals surface area contributed by atoms with Crippen LogP contribution in [0.5, 0.6) is 0 Å². The van der Waals surface area contributed by atoms with Gasteiger partial charge >= 0.3 is 5.97 Å². The van der Waals surface area contributed by atoms with Crippen LogP contribution in [0.1, 0.15) is 23.8 Å². The van der Waals surface area contributed by atoms with Crippen LogP contribution in [0.2, 0.25) is 0 Å². The summed E-state index contributed by atoms with van der Waals surface area (Å²) in [5.74, 6) is -1.99. The average Bonchev–Trinajstić information content (AvgIpc) is 3.09. The number of rotatable bonds is 4. The number of amides is 1. The fourth-order valence-corrected chi connectivity index (χ4v) is 3.02. The highest BCUT2D eigenvalue weighted by molar-refractivity contribution is 6.05. The van der Waals surface area contributed by atoms with Crippen molar-refractivity contribution in [3.63, 3.8) is 0 Å². The molecular formula is C16H16FN3O4. The molecule has 2 heterocycles. The first-order chi connectivity index (χ1) is 11.4. The van der Waals surface area contributed by atoms with Crippen LogP contribution in [0.3, 0.4) is 0 Å². The van der Waals surface area contributed by atoms with Crippen LogP contribution in [0.4, 0.5) is 4.39 Å². The standard InChI is InChI=1S/C16H16FN3O4/c1-9(21)15-11-4-2-3-5-12(11)20(18-15)8-14(22)19-7-10(17)6-13(19)16(23)24/h2-5,10,13H,6-8H2,1H3,(H,23,24). The number of ketones is 1. The fraction of sp³-hybridized carbons (Fsp3) is 0.375. The second-order valence-corrected chi connectivity index (χ2v) is 5.81. The molecule has 7 nitrogen and oxygen atoms in total. The number of alkyl halides is 1. The lowest BCUT2D eigenvalue weighted by atomic mass is 10.2. The number of aliphatic carboxylic acids is 1. The van der Waals surface area contributed by atoms with Gasteiger partial charge in [0, 0.05) is 18.7 Å². The summed E-state index contributed by atoms with van der Waals surface area (Å²) < 4.78 is 14.9. The number of halogens is 1. The normalized spacial score (nSPS) is 20.5. The largest absolute Gasteiger partial charge is 0.480 e. The molecule has 1 saturated heterocycles. The van der Waals surface area contributed by atoms with Crippen LogP contribution in [0.25, 0.3) is 10.9 Å². The fourth-order valence-electron chi connectivity index (χ4n) is 3.02. The molecule has 0 spiro atoms. The molecule has 2 atom stereocenters. The molecule has 1 aromatic heterocycles. The van der Waals surface area contributed by atoms with Gasteiger partial charge in [0.15, 0.2) is 5.78 Å². The van der Waals surface area contributed by atoms with Gasteiger partial charge in [-0.05, 0) is 6.07 Å². The van der Waals surface area contributed by atoms with Crippen LogP contribution < -0.4 is 0 Å². The summed E-state index contributed by atoms with van der Waals surface area (Å²) in [4.78, 5) is 36.4. The molecule has 2 unspecified atom stereocenters. The van der Waals surface area contributed by atoms with E-state index in [1.54, 1.807) is 24.3 Å². The van der Waals surface area contributed by atoms with Gasteiger partial charge in [0.1, 0.15) is 24.5 Å². The second kappa shape index (κ2) is 6.03. The molecule has 0 bridgehead atoms. The molecule has 2 aromatic rings. The number of nitrogens with zero attached hydrogens (tertiary/aromatic N) is 3. The van der Waals surface area contributed by atoms with E-state index in [0.29, 0.717) is 10.9 Å². The van der Waals surface area contributed by atoms with Gasteiger partial charge in [-0.2, -0.15) is 5.10 Å². The number of likely N-dealkylation sites (tertiary alicyclic amines) is 1. The van der Waals surface area contributed by atoms with Gasteiger partial charge in [-0.25, -0.2) is 9.18 Å². The minimum Gasteiger partial charge on any atom is -0.480 e. The Kier molecular flexibility index (Phi) is 4.04. The zero-order valence-corrected chi connectivity index (χ0v) is 13.0. The molecule has 1 aliphatic heterocycles. The minimum absolute atomic E-state index is 0.209. The Hall–Kier alpha value is -2.77. The summed E-state index contributed by atoms with van der Waals surface area (Å²) in [6, 6.07) is 5.80. The Morgan fingerprint density at radius 1 is 1.33 bits per heavy atom. The van der Waals surface area contributed by atoms with Gasteiger partial charge in [0.2, 0.25) is 5.91 Å². The lowest BCUT2D eigenvalue weighted by molar-refractivity contribution is -0.148. The van der Waals surface area contributed by atoms with Gasteiger partial charge in [0.25, 0.3) is 0 Å². The Bertz CT molecular complexity index is 832. The molecule has 1 fully saturated rings. The minimum atomic E-state index is -1.35. The van der Waals surface area contributed by atoms with Crippen molar-refractivity contribution in [2.24, 2.45) is 0 Å². The number of aromatic nitrogens is 2. The topological polar surface area (TPSA) is 92.5 Å². The van der Waals surface area contributed by atoms with Crippen molar-refractivity contribution in [3.05, 3.63) is 30.0 Å². The monoisotopic (exact) mass is 333 g/mol. The lowest BCUT2D eigenvalue weighted by Crippen LogP contribution is -2.42. The van der Waals surface area contributed by atoms with E-state index in [1.165, 1.54) is 11.6 Å². The SMILES string of the molecule is CC(=O)c1nn(CC(=O)N2CC(F)CC2C(=O)O)c2ccccc12. The van der Waals surface area contributed by atoms with Gasteiger partial charge < -0.3 is 10.0 Å². The van der Waals surface area contributed by atoms with Crippen molar-refractivity contribution in [1.29, 1.82) is 0 Å². The van der Waals surface area contributed by atoms with E-state index in [1.807, 2.05) is 0 Å². The highest BCUT2D eigenvalue weighted by Gasteiger charge is 2.39. The third kappa shape index (κ3) is 2.75. The maximum atomic E-state index is 13.5. The van der Waals surface area contributed by atoms with E-state index >= 15 is 0 Å². The number of carboxylic acids is 1. The smallest absolute Gasteiger partial charge is 0.326 e. The number of para-hydroxylation sites is 1. The number of hydrogen-bond donors (Lipinski definition) is 1. The summed E-state index contributed by atoms with van der Waals surface area (Å²) in [6.45, 7) is 0.897. The molecule has 24 heavy (non-hydrogen) atoms. The number of fused-ring (bicyclic) bond motifs is 1. The third-order valence-electron chi connectivity index (χ3n) is 4.13. The second-order valence-electron chi connectivity index (χ2n) is 5.81.